The molecule has 0 saturated carbocycles. The van der Waals surface area contributed by atoms with Crippen molar-refractivity contribution in [3.8, 4) is 0 Å². The highest BCUT2D eigenvalue weighted by Gasteiger charge is 2.37. The molecule has 0 aliphatic carbocycles. The molecule has 1 heterocycles. The van der Waals surface area contributed by atoms with E-state index in [0.717, 1.165) is 26.3 Å². The van der Waals surface area contributed by atoms with Gasteiger partial charge in [0.15, 0.2) is 0 Å². The Labute approximate surface area is 123 Å². The standard InChI is InChI=1S/C15H32N2OS/c1-13(9-19-6)17(5)11-15(7-8-18-12-15)10-16-14(2,3)4/h13,16H,7-12H2,1-6H3. The molecule has 0 aromatic carbocycles. The van der Waals surface area contributed by atoms with Crippen molar-refractivity contribution in [1.29, 1.82) is 0 Å². The Morgan fingerprint density at radius 2 is 2.11 bits per heavy atom. The van der Waals surface area contributed by atoms with Gasteiger partial charge in [-0.2, -0.15) is 11.8 Å². The van der Waals surface area contributed by atoms with Crippen LogP contribution < -0.4 is 5.32 Å². The van der Waals surface area contributed by atoms with E-state index in [0.29, 0.717) is 6.04 Å². The third-order valence-corrected chi connectivity index (χ3v) is 4.74. The number of thioether (sulfide) groups is 1. The Kier molecular flexibility index (Phi) is 6.64. The van der Waals surface area contributed by atoms with Crippen LogP contribution in [-0.4, -0.2) is 61.8 Å². The van der Waals surface area contributed by atoms with Crippen LogP contribution in [0.5, 0.6) is 0 Å². The van der Waals surface area contributed by atoms with Crippen molar-refractivity contribution in [2.75, 3.05) is 45.4 Å². The lowest BCUT2D eigenvalue weighted by Crippen LogP contribution is -2.50. The zero-order valence-corrected chi connectivity index (χ0v) is 14.4. The fourth-order valence-corrected chi connectivity index (χ4v) is 3.21. The van der Waals surface area contributed by atoms with Gasteiger partial charge < -0.3 is 15.0 Å². The lowest BCUT2D eigenvalue weighted by atomic mass is 9.85. The largest absolute Gasteiger partial charge is 0.381 e. The van der Waals surface area contributed by atoms with Gasteiger partial charge in [0.2, 0.25) is 0 Å². The molecule has 0 spiro atoms. The van der Waals surface area contributed by atoms with Gasteiger partial charge in [-0.05, 0) is 47.4 Å². The van der Waals surface area contributed by atoms with Crippen LogP contribution in [-0.2, 0) is 4.74 Å². The van der Waals surface area contributed by atoms with Crippen molar-refractivity contribution in [2.24, 2.45) is 5.41 Å². The Morgan fingerprint density at radius 1 is 1.42 bits per heavy atom. The predicted octanol–water partition coefficient (Wildman–Crippen LogP) is 2.46. The van der Waals surface area contributed by atoms with Crippen LogP contribution in [0, 0.1) is 5.41 Å². The van der Waals surface area contributed by atoms with Gasteiger partial charge in [-0.15, -0.1) is 0 Å². The summed E-state index contributed by atoms with van der Waals surface area (Å²) in [5, 5.41) is 3.67. The molecular formula is C15H32N2OS. The summed E-state index contributed by atoms with van der Waals surface area (Å²) in [6, 6.07) is 0.627. The van der Waals surface area contributed by atoms with E-state index in [1.165, 1.54) is 12.2 Å². The molecule has 19 heavy (non-hydrogen) atoms. The molecule has 1 aliphatic rings. The maximum absolute atomic E-state index is 5.69. The van der Waals surface area contributed by atoms with Gasteiger partial charge in [-0.25, -0.2) is 0 Å². The monoisotopic (exact) mass is 288 g/mol. The third kappa shape index (κ3) is 6.03. The van der Waals surface area contributed by atoms with E-state index in [4.69, 9.17) is 4.74 Å². The number of hydrogen-bond donors (Lipinski definition) is 1. The predicted molar refractivity (Wildman–Crippen MR) is 86.1 cm³/mol. The van der Waals surface area contributed by atoms with E-state index in [1.807, 2.05) is 11.8 Å². The van der Waals surface area contributed by atoms with E-state index in [1.54, 1.807) is 0 Å². The topological polar surface area (TPSA) is 24.5 Å². The highest BCUT2D eigenvalue weighted by atomic mass is 32.2. The molecule has 1 fully saturated rings. The molecule has 1 saturated heterocycles. The Balaban J connectivity index is 2.56. The lowest BCUT2D eigenvalue weighted by Gasteiger charge is -2.37. The normalized spacial score (nSPS) is 26.1. The van der Waals surface area contributed by atoms with Gasteiger partial charge in [-0.1, -0.05) is 0 Å². The fourth-order valence-electron chi connectivity index (χ4n) is 2.48. The lowest BCUT2D eigenvalue weighted by molar-refractivity contribution is 0.103. The van der Waals surface area contributed by atoms with E-state index in [-0.39, 0.29) is 11.0 Å². The van der Waals surface area contributed by atoms with Gasteiger partial charge in [-0.3, -0.25) is 0 Å². The van der Waals surface area contributed by atoms with Crippen LogP contribution in [0.3, 0.4) is 0 Å². The average Bonchev–Trinajstić information content (AvgIpc) is 2.75. The second kappa shape index (κ2) is 7.30. The van der Waals surface area contributed by atoms with Crippen molar-refractivity contribution in [2.45, 2.75) is 45.7 Å². The van der Waals surface area contributed by atoms with Crippen molar-refractivity contribution in [1.82, 2.24) is 10.2 Å². The van der Waals surface area contributed by atoms with Crippen LogP contribution in [0.1, 0.15) is 34.1 Å². The molecule has 114 valence electrons. The van der Waals surface area contributed by atoms with Gasteiger partial charge >= 0.3 is 0 Å². The first kappa shape index (κ1) is 17.3. The molecule has 3 nitrogen and oxygen atoms in total. The summed E-state index contributed by atoms with van der Waals surface area (Å²) < 4.78 is 5.69. The minimum Gasteiger partial charge on any atom is -0.381 e. The third-order valence-electron chi connectivity index (χ3n) is 3.92. The maximum atomic E-state index is 5.69. The van der Waals surface area contributed by atoms with E-state index >= 15 is 0 Å². The van der Waals surface area contributed by atoms with E-state index < -0.39 is 0 Å². The van der Waals surface area contributed by atoms with Crippen molar-refractivity contribution in [3.05, 3.63) is 0 Å². The molecule has 2 atom stereocenters. The summed E-state index contributed by atoms with van der Waals surface area (Å²) in [5.74, 6) is 1.19. The smallest absolute Gasteiger partial charge is 0.0547 e. The number of nitrogens with zero attached hydrogens (tertiary/aromatic N) is 1. The number of ether oxygens (including phenoxy) is 1. The summed E-state index contributed by atoms with van der Waals surface area (Å²) in [6.07, 6.45) is 3.35. The number of nitrogens with one attached hydrogen (secondary N) is 1. The molecule has 0 aromatic rings. The average molecular weight is 289 g/mol. The minimum absolute atomic E-state index is 0.180. The summed E-state index contributed by atoms with van der Waals surface area (Å²) in [7, 11) is 2.25. The summed E-state index contributed by atoms with van der Waals surface area (Å²) in [6.45, 7) is 13.0. The Morgan fingerprint density at radius 3 is 2.58 bits per heavy atom. The molecule has 1 aliphatic heterocycles. The number of rotatable bonds is 7. The molecule has 0 radical (unpaired) electrons. The first-order chi connectivity index (χ1) is 8.78. The fraction of sp³-hybridized carbons (Fsp3) is 1.00. The second-order valence-corrected chi connectivity index (χ2v) is 8.04. The second-order valence-electron chi connectivity index (χ2n) is 7.13. The summed E-state index contributed by atoms with van der Waals surface area (Å²) in [5.41, 5.74) is 0.466. The zero-order valence-electron chi connectivity index (χ0n) is 13.6. The molecule has 0 aromatic heterocycles. The first-order valence-electron chi connectivity index (χ1n) is 7.30. The molecule has 1 rings (SSSR count). The molecular weight excluding hydrogens is 256 g/mol. The summed E-state index contributed by atoms with van der Waals surface area (Å²) in [4.78, 5) is 2.50. The zero-order chi connectivity index (χ0) is 14.5. The van der Waals surface area contributed by atoms with E-state index in [9.17, 15) is 0 Å². The van der Waals surface area contributed by atoms with Gasteiger partial charge in [0.1, 0.15) is 0 Å². The molecule has 2 unspecified atom stereocenters. The van der Waals surface area contributed by atoms with Gasteiger partial charge in [0, 0.05) is 42.4 Å². The van der Waals surface area contributed by atoms with Crippen LogP contribution in [0.2, 0.25) is 0 Å². The van der Waals surface area contributed by atoms with Crippen LogP contribution in [0.15, 0.2) is 0 Å². The Bertz CT molecular complexity index is 259. The SMILES string of the molecule is CSCC(C)N(C)CC1(CNC(C)(C)C)CCOC1. The van der Waals surface area contributed by atoms with Crippen molar-refractivity contribution in [3.63, 3.8) is 0 Å². The quantitative estimate of drug-likeness (QED) is 0.778. The van der Waals surface area contributed by atoms with Gasteiger partial charge in [0.05, 0.1) is 6.61 Å². The maximum Gasteiger partial charge on any atom is 0.0547 e. The molecule has 4 heteroatoms. The molecule has 0 amide bonds. The summed E-state index contributed by atoms with van der Waals surface area (Å²) >= 11 is 1.92. The molecule has 1 N–H and O–H groups in total. The van der Waals surface area contributed by atoms with Crippen LogP contribution in [0.25, 0.3) is 0 Å². The van der Waals surface area contributed by atoms with E-state index in [2.05, 4.69) is 51.2 Å². The van der Waals surface area contributed by atoms with Crippen LogP contribution in [0.4, 0.5) is 0 Å². The first-order valence-corrected chi connectivity index (χ1v) is 8.69. The number of hydrogen-bond acceptors (Lipinski definition) is 4. The molecule has 0 bridgehead atoms. The van der Waals surface area contributed by atoms with Crippen molar-refractivity contribution >= 4 is 11.8 Å². The van der Waals surface area contributed by atoms with Crippen LogP contribution >= 0.6 is 11.8 Å². The van der Waals surface area contributed by atoms with Crippen molar-refractivity contribution < 1.29 is 4.74 Å². The highest BCUT2D eigenvalue weighted by molar-refractivity contribution is 7.98. The van der Waals surface area contributed by atoms with Gasteiger partial charge in [0.25, 0.3) is 0 Å². The minimum atomic E-state index is 0.180. The Hall–Kier alpha value is 0.230. The highest BCUT2D eigenvalue weighted by Crippen LogP contribution is 2.30.